The summed E-state index contributed by atoms with van der Waals surface area (Å²) in [5.41, 5.74) is 1.02. The summed E-state index contributed by atoms with van der Waals surface area (Å²) in [6.45, 7) is 5.03. The Morgan fingerprint density at radius 3 is 2.52 bits per heavy atom. The van der Waals surface area contributed by atoms with Crippen LogP contribution in [0.4, 0.5) is 25.4 Å². The third-order valence-corrected chi connectivity index (χ3v) is 4.86. The fourth-order valence-corrected chi connectivity index (χ4v) is 3.70. The lowest BCUT2D eigenvalue weighted by atomic mass is 10.1. The van der Waals surface area contributed by atoms with Gasteiger partial charge in [-0.2, -0.15) is 0 Å². The van der Waals surface area contributed by atoms with Crippen LogP contribution in [-0.4, -0.2) is 57.2 Å². The van der Waals surface area contributed by atoms with Gasteiger partial charge in [0.15, 0.2) is 5.82 Å². The van der Waals surface area contributed by atoms with Crippen molar-refractivity contribution in [2.24, 2.45) is 0 Å². The second-order valence-corrected chi connectivity index (χ2v) is 7.18. The van der Waals surface area contributed by atoms with Crippen molar-refractivity contribution in [3.63, 3.8) is 0 Å². The Bertz CT molecular complexity index is 868. The Hall–Kier alpha value is -3.20. The number of carboxylic acid groups (broad SMARTS) is 1. The maximum atomic E-state index is 14.9. The van der Waals surface area contributed by atoms with Gasteiger partial charge in [0.1, 0.15) is 0 Å². The van der Waals surface area contributed by atoms with Crippen molar-refractivity contribution in [2.75, 3.05) is 23.7 Å². The standard InChI is InChI=1S/C20H24FN5O3/c1-13-10-25(11-14(2)26(13)20(28)29)12-15-5-3-7-17(18(15)21)24-19(27)23-16-6-4-8-22-9-16/h3-9,13-14H,10-12H2,1-2H3,(H,28,29)(H2,23,24,27). The molecule has 29 heavy (non-hydrogen) atoms. The number of nitrogens with zero attached hydrogens (tertiary/aromatic N) is 3. The van der Waals surface area contributed by atoms with Crippen molar-refractivity contribution in [3.05, 3.63) is 54.1 Å². The van der Waals surface area contributed by atoms with Gasteiger partial charge in [0.05, 0.1) is 17.6 Å². The molecule has 2 atom stereocenters. The summed E-state index contributed by atoms with van der Waals surface area (Å²) in [6, 6.07) is 7.26. The van der Waals surface area contributed by atoms with Gasteiger partial charge in [0.25, 0.3) is 0 Å². The highest BCUT2D eigenvalue weighted by atomic mass is 19.1. The molecule has 1 fully saturated rings. The molecule has 1 aliphatic heterocycles. The molecule has 0 aliphatic carbocycles. The number of anilines is 2. The summed E-state index contributed by atoms with van der Waals surface area (Å²) in [7, 11) is 0. The first kappa shape index (κ1) is 20.5. The summed E-state index contributed by atoms with van der Waals surface area (Å²) >= 11 is 0. The molecule has 8 nitrogen and oxygen atoms in total. The number of amides is 3. The van der Waals surface area contributed by atoms with Gasteiger partial charge >= 0.3 is 12.1 Å². The molecule has 2 heterocycles. The number of pyridine rings is 1. The van der Waals surface area contributed by atoms with Gasteiger partial charge in [-0.1, -0.05) is 12.1 Å². The molecule has 1 aliphatic rings. The average molecular weight is 401 g/mol. The van der Waals surface area contributed by atoms with Gasteiger partial charge in [-0.25, -0.2) is 14.0 Å². The summed E-state index contributed by atoms with van der Waals surface area (Å²) < 4.78 is 14.9. The van der Waals surface area contributed by atoms with Crippen LogP contribution in [0.2, 0.25) is 0 Å². The van der Waals surface area contributed by atoms with E-state index in [0.717, 1.165) is 0 Å². The monoisotopic (exact) mass is 401 g/mol. The topological polar surface area (TPSA) is 97.8 Å². The maximum Gasteiger partial charge on any atom is 0.407 e. The van der Waals surface area contributed by atoms with Crippen LogP contribution in [0.5, 0.6) is 0 Å². The van der Waals surface area contributed by atoms with E-state index in [1.54, 1.807) is 30.5 Å². The number of urea groups is 1. The minimum atomic E-state index is -0.943. The lowest BCUT2D eigenvalue weighted by Gasteiger charge is -2.43. The fourth-order valence-electron chi connectivity index (χ4n) is 3.70. The summed E-state index contributed by atoms with van der Waals surface area (Å²) in [5, 5.41) is 14.4. The molecule has 3 N–H and O–H groups in total. The van der Waals surface area contributed by atoms with Crippen molar-refractivity contribution >= 4 is 23.5 Å². The molecule has 0 spiro atoms. The van der Waals surface area contributed by atoms with Crippen LogP contribution in [0.15, 0.2) is 42.7 Å². The van der Waals surface area contributed by atoms with Crippen LogP contribution in [0, 0.1) is 5.82 Å². The molecule has 0 radical (unpaired) electrons. The number of piperazine rings is 1. The van der Waals surface area contributed by atoms with Crippen molar-refractivity contribution in [3.8, 4) is 0 Å². The number of carbonyl (C=O) groups is 2. The van der Waals surface area contributed by atoms with Crippen LogP contribution < -0.4 is 10.6 Å². The first-order valence-corrected chi connectivity index (χ1v) is 9.34. The molecule has 154 valence electrons. The lowest BCUT2D eigenvalue weighted by Crippen LogP contribution is -2.57. The molecular formula is C20H24FN5O3. The van der Waals surface area contributed by atoms with Gasteiger partial charge in [0.2, 0.25) is 0 Å². The number of aromatic nitrogens is 1. The Morgan fingerprint density at radius 2 is 1.90 bits per heavy atom. The van der Waals surface area contributed by atoms with Crippen molar-refractivity contribution in [1.29, 1.82) is 0 Å². The number of hydrogen-bond donors (Lipinski definition) is 3. The Morgan fingerprint density at radius 1 is 1.17 bits per heavy atom. The molecule has 3 amide bonds. The highest BCUT2D eigenvalue weighted by Gasteiger charge is 2.33. The summed E-state index contributed by atoms with van der Waals surface area (Å²) in [6.07, 6.45) is 2.14. The molecule has 0 bridgehead atoms. The number of hydrogen-bond acceptors (Lipinski definition) is 4. The first-order valence-electron chi connectivity index (χ1n) is 9.34. The van der Waals surface area contributed by atoms with Crippen LogP contribution in [-0.2, 0) is 6.54 Å². The minimum absolute atomic E-state index is 0.0779. The second-order valence-electron chi connectivity index (χ2n) is 7.18. The number of benzene rings is 1. The Kier molecular flexibility index (Phi) is 6.28. The minimum Gasteiger partial charge on any atom is -0.465 e. The third kappa shape index (κ3) is 5.00. The molecule has 1 saturated heterocycles. The van der Waals surface area contributed by atoms with E-state index in [1.165, 1.54) is 17.2 Å². The lowest BCUT2D eigenvalue weighted by molar-refractivity contribution is 0.0377. The Labute approximate surface area is 168 Å². The van der Waals surface area contributed by atoms with Crippen LogP contribution in [0.1, 0.15) is 19.4 Å². The molecule has 3 rings (SSSR count). The van der Waals surface area contributed by atoms with Gasteiger partial charge in [0, 0.05) is 43.5 Å². The molecular weight excluding hydrogens is 377 g/mol. The number of rotatable bonds is 4. The van der Waals surface area contributed by atoms with E-state index in [9.17, 15) is 19.1 Å². The molecule has 1 aromatic heterocycles. The Balaban J connectivity index is 1.66. The highest BCUT2D eigenvalue weighted by molar-refractivity contribution is 5.99. The third-order valence-electron chi connectivity index (χ3n) is 4.86. The van der Waals surface area contributed by atoms with Crippen LogP contribution in [0.25, 0.3) is 0 Å². The molecule has 9 heteroatoms. The SMILES string of the molecule is CC1CN(Cc2cccc(NC(=O)Nc3cccnc3)c2F)CC(C)N1C(=O)O. The van der Waals surface area contributed by atoms with E-state index in [0.29, 0.717) is 30.9 Å². The van der Waals surface area contributed by atoms with Crippen molar-refractivity contribution in [2.45, 2.75) is 32.5 Å². The maximum absolute atomic E-state index is 14.9. The molecule has 2 aromatic rings. The highest BCUT2D eigenvalue weighted by Crippen LogP contribution is 2.23. The van der Waals surface area contributed by atoms with Crippen LogP contribution in [0.3, 0.4) is 0 Å². The largest absolute Gasteiger partial charge is 0.465 e. The van der Waals surface area contributed by atoms with Gasteiger partial charge < -0.3 is 20.6 Å². The first-order chi connectivity index (χ1) is 13.8. The number of nitrogens with one attached hydrogen (secondary N) is 2. The second kappa shape index (κ2) is 8.87. The van der Waals surface area contributed by atoms with E-state index in [1.807, 2.05) is 18.7 Å². The molecule has 1 aromatic carbocycles. The van der Waals surface area contributed by atoms with E-state index in [4.69, 9.17) is 0 Å². The summed E-state index contributed by atoms with van der Waals surface area (Å²) in [5.74, 6) is -0.505. The van der Waals surface area contributed by atoms with E-state index >= 15 is 0 Å². The smallest absolute Gasteiger partial charge is 0.407 e. The van der Waals surface area contributed by atoms with Crippen molar-refractivity contribution in [1.82, 2.24) is 14.8 Å². The zero-order valence-electron chi connectivity index (χ0n) is 16.3. The van der Waals surface area contributed by atoms with Crippen molar-refractivity contribution < 1.29 is 19.1 Å². The van der Waals surface area contributed by atoms with Gasteiger partial charge in [-0.15, -0.1) is 0 Å². The van der Waals surface area contributed by atoms with E-state index in [-0.39, 0.29) is 17.8 Å². The fraction of sp³-hybridized carbons (Fsp3) is 0.350. The molecule has 2 unspecified atom stereocenters. The number of carbonyl (C=O) groups excluding carboxylic acids is 1. The zero-order chi connectivity index (χ0) is 21.0. The number of halogens is 1. The van der Waals surface area contributed by atoms with Gasteiger partial charge in [-0.3, -0.25) is 9.88 Å². The van der Waals surface area contributed by atoms with Gasteiger partial charge in [-0.05, 0) is 32.0 Å². The normalized spacial score (nSPS) is 19.6. The predicted molar refractivity (Wildman–Crippen MR) is 107 cm³/mol. The molecule has 0 saturated carbocycles. The zero-order valence-corrected chi connectivity index (χ0v) is 16.3. The predicted octanol–water partition coefficient (Wildman–Crippen LogP) is 3.44. The quantitative estimate of drug-likeness (QED) is 0.729. The van der Waals surface area contributed by atoms with E-state index in [2.05, 4.69) is 15.6 Å². The summed E-state index contributed by atoms with van der Waals surface area (Å²) in [4.78, 5) is 30.9. The van der Waals surface area contributed by atoms with Crippen LogP contribution >= 0.6 is 0 Å². The van der Waals surface area contributed by atoms with E-state index < -0.39 is 17.9 Å². The average Bonchev–Trinajstić information content (AvgIpc) is 2.65.